The summed E-state index contributed by atoms with van der Waals surface area (Å²) in [5.41, 5.74) is -5.70. The molecular weight excluding hydrogens is 256 g/mol. The molecule has 0 radical (unpaired) electrons. The quantitative estimate of drug-likeness (QED) is 0.528. The summed E-state index contributed by atoms with van der Waals surface area (Å²) in [4.78, 5) is 12.1. The molecule has 19 heavy (non-hydrogen) atoms. The molecule has 0 aromatic carbocycles. The fraction of sp³-hybridized carbons (Fsp3) is 0.917. The number of aliphatic hydroxyl groups excluding tert-OH is 1. The molecule has 3 heterocycles. The molecule has 3 aliphatic heterocycles. The zero-order valence-electron chi connectivity index (χ0n) is 11.0. The average Bonchev–Trinajstić information content (AvgIpc) is 2.78. The standard InChI is InChI=1S/C12H18O7/c1-5(2)11-6(3)17-9-12(11,16)10(15,8(14)19-11)7(4-13)18-9/h5-7,9,13,15-16H,4H2,1-3H3/t6-,7+,9+,10-,11+,12-/m1/s1. The number of esters is 1. The Morgan fingerprint density at radius 1 is 1.32 bits per heavy atom. The van der Waals surface area contributed by atoms with Gasteiger partial charge in [0.1, 0.15) is 12.2 Å². The molecule has 0 unspecified atom stereocenters. The summed E-state index contributed by atoms with van der Waals surface area (Å²) >= 11 is 0. The summed E-state index contributed by atoms with van der Waals surface area (Å²) in [5, 5.41) is 30.9. The van der Waals surface area contributed by atoms with Crippen molar-refractivity contribution in [2.45, 2.75) is 56.1 Å². The minimum Gasteiger partial charge on any atom is -0.450 e. The Bertz CT molecular complexity index is 438. The molecule has 3 fully saturated rings. The van der Waals surface area contributed by atoms with Crippen molar-refractivity contribution in [2.24, 2.45) is 5.92 Å². The van der Waals surface area contributed by atoms with Gasteiger partial charge in [0.2, 0.25) is 11.2 Å². The molecule has 0 spiro atoms. The Labute approximate surface area is 110 Å². The van der Waals surface area contributed by atoms with E-state index in [0.29, 0.717) is 0 Å². The number of carbonyl (C=O) groups is 1. The second-order valence-electron chi connectivity index (χ2n) is 5.79. The van der Waals surface area contributed by atoms with Crippen LogP contribution in [0.4, 0.5) is 0 Å². The molecule has 108 valence electrons. The highest BCUT2D eigenvalue weighted by Crippen LogP contribution is 2.62. The molecular formula is C12H18O7. The molecule has 0 aliphatic carbocycles. The molecule has 0 saturated carbocycles. The second kappa shape index (κ2) is 3.48. The van der Waals surface area contributed by atoms with E-state index in [4.69, 9.17) is 14.2 Å². The maximum absolute atomic E-state index is 12.1. The lowest BCUT2D eigenvalue weighted by Crippen LogP contribution is -2.67. The molecule has 7 heteroatoms. The van der Waals surface area contributed by atoms with Crippen LogP contribution < -0.4 is 0 Å². The topological polar surface area (TPSA) is 105 Å². The first-order valence-corrected chi connectivity index (χ1v) is 6.36. The van der Waals surface area contributed by atoms with Crippen LogP contribution in [-0.4, -0.2) is 63.2 Å². The highest BCUT2D eigenvalue weighted by atomic mass is 16.8. The summed E-state index contributed by atoms with van der Waals surface area (Å²) < 4.78 is 16.2. The van der Waals surface area contributed by atoms with Crippen molar-refractivity contribution >= 4 is 5.97 Å². The third-order valence-electron chi connectivity index (χ3n) is 4.80. The van der Waals surface area contributed by atoms with Gasteiger partial charge in [0, 0.05) is 0 Å². The highest BCUT2D eigenvalue weighted by Gasteiger charge is 2.89. The first kappa shape index (κ1) is 13.3. The highest BCUT2D eigenvalue weighted by molar-refractivity contribution is 5.87. The molecule has 3 N–H and O–H groups in total. The third-order valence-corrected chi connectivity index (χ3v) is 4.80. The fourth-order valence-corrected chi connectivity index (χ4v) is 3.86. The molecule has 0 aromatic heterocycles. The second-order valence-corrected chi connectivity index (χ2v) is 5.79. The van der Waals surface area contributed by atoms with Crippen LogP contribution in [0.25, 0.3) is 0 Å². The van der Waals surface area contributed by atoms with Crippen LogP contribution in [0.15, 0.2) is 0 Å². The van der Waals surface area contributed by atoms with Crippen LogP contribution in [0.5, 0.6) is 0 Å². The largest absolute Gasteiger partial charge is 0.450 e. The number of ether oxygens (including phenoxy) is 3. The molecule has 0 amide bonds. The van der Waals surface area contributed by atoms with Crippen LogP contribution in [0.2, 0.25) is 0 Å². The minimum absolute atomic E-state index is 0.295. The predicted octanol–water partition coefficient (Wildman–Crippen LogP) is -1.46. The normalized spacial score (nSPS) is 55.7. The van der Waals surface area contributed by atoms with Crippen molar-refractivity contribution < 1.29 is 34.3 Å². The van der Waals surface area contributed by atoms with Gasteiger partial charge in [-0.05, 0) is 12.8 Å². The zero-order valence-corrected chi connectivity index (χ0v) is 11.0. The van der Waals surface area contributed by atoms with Crippen LogP contribution >= 0.6 is 0 Å². The van der Waals surface area contributed by atoms with Gasteiger partial charge in [0.05, 0.1) is 6.61 Å². The monoisotopic (exact) mass is 274 g/mol. The Morgan fingerprint density at radius 2 is 1.95 bits per heavy atom. The van der Waals surface area contributed by atoms with Gasteiger partial charge >= 0.3 is 5.97 Å². The molecule has 3 saturated heterocycles. The molecule has 3 aliphatic rings. The molecule has 0 aromatic rings. The Morgan fingerprint density at radius 3 is 2.47 bits per heavy atom. The molecule has 3 rings (SSSR count). The molecule has 7 nitrogen and oxygen atoms in total. The Balaban J connectivity index is 2.23. The summed E-state index contributed by atoms with van der Waals surface area (Å²) in [5.74, 6) is -1.27. The summed E-state index contributed by atoms with van der Waals surface area (Å²) in [6.45, 7) is 4.58. The van der Waals surface area contributed by atoms with Crippen LogP contribution in [0, 0.1) is 5.92 Å². The summed E-state index contributed by atoms with van der Waals surface area (Å²) in [7, 11) is 0. The smallest absolute Gasteiger partial charge is 0.345 e. The van der Waals surface area contributed by atoms with Crippen LogP contribution in [0.1, 0.15) is 20.8 Å². The van der Waals surface area contributed by atoms with E-state index in [1.807, 2.05) is 0 Å². The van der Waals surface area contributed by atoms with E-state index >= 15 is 0 Å². The summed E-state index contributed by atoms with van der Waals surface area (Å²) in [6, 6.07) is 0. The van der Waals surface area contributed by atoms with Crippen molar-refractivity contribution in [1.82, 2.24) is 0 Å². The maximum atomic E-state index is 12.1. The predicted molar refractivity (Wildman–Crippen MR) is 59.9 cm³/mol. The molecule has 0 bridgehead atoms. The van der Waals surface area contributed by atoms with Crippen LogP contribution in [0.3, 0.4) is 0 Å². The third kappa shape index (κ3) is 1.04. The number of rotatable bonds is 2. The van der Waals surface area contributed by atoms with E-state index in [1.165, 1.54) is 0 Å². The zero-order chi connectivity index (χ0) is 14.2. The SMILES string of the molecule is CC(C)[C@]12OC(=O)[C@]3(O)[C@H](CO)O[C@H](O[C@@H]1C)[C@@]32O. The van der Waals surface area contributed by atoms with Gasteiger partial charge in [0.25, 0.3) is 0 Å². The number of carbonyl (C=O) groups excluding carboxylic acids is 1. The van der Waals surface area contributed by atoms with E-state index in [1.54, 1.807) is 20.8 Å². The Kier molecular flexibility index (Phi) is 2.43. The van der Waals surface area contributed by atoms with Crippen molar-refractivity contribution in [2.75, 3.05) is 6.61 Å². The fourth-order valence-electron chi connectivity index (χ4n) is 3.86. The van der Waals surface area contributed by atoms with Gasteiger partial charge in [0.15, 0.2) is 11.9 Å². The lowest BCUT2D eigenvalue weighted by Gasteiger charge is -2.39. The molecule has 6 atom stereocenters. The number of hydrogen-bond donors (Lipinski definition) is 3. The first-order valence-electron chi connectivity index (χ1n) is 6.36. The van der Waals surface area contributed by atoms with E-state index in [2.05, 4.69) is 0 Å². The van der Waals surface area contributed by atoms with Gasteiger partial charge in [-0.2, -0.15) is 0 Å². The van der Waals surface area contributed by atoms with Crippen molar-refractivity contribution in [3.63, 3.8) is 0 Å². The lowest BCUT2D eigenvalue weighted by molar-refractivity contribution is -0.180. The minimum atomic E-state index is -2.30. The van der Waals surface area contributed by atoms with E-state index in [0.717, 1.165) is 0 Å². The van der Waals surface area contributed by atoms with Crippen molar-refractivity contribution in [1.29, 1.82) is 0 Å². The van der Waals surface area contributed by atoms with Gasteiger partial charge in [-0.15, -0.1) is 0 Å². The average molecular weight is 274 g/mol. The van der Waals surface area contributed by atoms with Gasteiger partial charge in [-0.3, -0.25) is 0 Å². The first-order chi connectivity index (χ1) is 8.76. The van der Waals surface area contributed by atoms with E-state index in [-0.39, 0.29) is 5.92 Å². The number of aliphatic hydroxyl groups is 3. The van der Waals surface area contributed by atoms with Gasteiger partial charge < -0.3 is 29.5 Å². The van der Waals surface area contributed by atoms with Crippen molar-refractivity contribution in [3.05, 3.63) is 0 Å². The van der Waals surface area contributed by atoms with Gasteiger partial charge in [-0.25, -0.2) is 4.79 Å². The van der Waals surface area contributed by atoms with E-state index in [9.17, 15) is 20.1 Å². The van der Waals surface area contributed by atoms with Crippen molar-refractivity contribution in [3.8, 4) is 0 Å². The maximum Gasteiger partial charge on any atom is 0.345 e. The van der Waals surface area contributed by atoms with E-state index < -0.39 is 47.9 Å². The summed E-state index contributed by atoms with van der Waals surface area (Å²) in [6.07, 6.45) is -3.08. The van der Waals surface area contributed by atoms with Crippen LogP contribution in [-0.2, 0) is 19.0 Å². The Hall–Kier alpha value is -0.730. The van der Waals surface area contributed by atoms with Gasteiger partial charge in [-0.1, -0.05) is 13.8 Å². The number of hydrogen-bond acceptors (Lipinski definition) is 7. The lowest BCUT2D eigenvalue weighted by atomic mass is 9.67.